The monoisotopic (exact) mass is 397 g/mol. The standard InChI is InChI=1S/C19H29ClN4O3/c1-5-24(12-18(26)23-19(27)21-9-8-13(2)3)11-17(25)22-16-10-15(20)7-6-14(16)4/h6-7,10,13H,5,8-9,11-12H2,1-4H3,(H,22,25)(H2,21,23,26,27)/p+1. The van der Waals surface area contributed by atoms with Gasteiger partial charge in [-0.25, -0.2) is 4.79 Å². The summed E-state index contributed by atoms with van der Waals surface area (Å²) in [6.07, 6.45) is 0.844. The van der Waals surface area contributed by atoms with Crippen LogP contribution >= 0.6 is 11.6 Å². The van der Waals surface area contributed by atoms with Crippen molar-refractivity contribution in [2.24, 2.45) is 5.92 Å². The first-order chi connectivity index (χ1) is 12.7. The average Bonchev–Trinajstić information content (AvgIpc) is 2.57. The van der Waals surface area contributed by atoms with Crippen molar-refractivity contribution in [3.63, 3.8) is 0 Å². The summed E-state index contributed by atoms with van der Waals surface area (Å²) in [5.41, 5.74) is 1.55. The van der Waals surface area contributed by atoms with Crippen molar-refractivity contribution in [2.45, 2.75) is 34.1 Å². The lowest BCUT2D eigenvalue weighted by atomic mass is 10.1. The highest BCUT2D eigenvalue weighted by Crippen LogP contribution is 2.19. The number of amides is 4. The van der Waals surface area contributed by atoms with Crippen molar-refractivity contribution >= 4 is 35.1 Å². The lowest BCUT2D eigenvalue weighted by Gasteiger charge is -2.17. The lowest BCUT2D eigenvalue weighted by molar-refractivity contribution is -0.881. The number of rotatable bonds is 9. The molecule has 1 aromatic rings. The van der Waals surface area contributed by atoms with E-state index in [-0.39, 0.29) is 19.0 Å². The van der Waals surface area contributed by atoms with Gasteiger partial charge in [-0.3, -0.25) is 14.9 Å². The molecule has 0 aliphatic heterocycles. The third kappa shape index (κ3) is 9.40. The normalized spacial score (nSPS) is 11.8. The summed E-state index contributed by atoms with van der Waals surface area (Å²) in [5, 5.41) is 8.30. The predicted molar refractivity (Wildman–Crippen MR) is 107 cm³/mol. The molecule has 0 fully saturated rings. The molecule has 27 heavy (non-hydrogen) atoms. The summed E-state index contributed by atoms with van der Waals surface area (Å²) >= 11 is 5.96. The fraction of sp³-hybridized carbons (Fsp3) is 0.526. The molecule has 0 spiro atoms. The van der Waals surface area contributed by atoms with Gasteiger partial charge < -0.3 is 15.5 Å². The first kappa shape index (κ1) is 22.9. The van der Waals surface area contributed by atoms with Crippen LogP contribution in [0.2, 0.25) is 5.02 Å². The minimum absolute atomic E-state index is 0.0377. The molecule has 0 aromatic heterocycles. The molecule has 1 unspecified atom stereocenters. The zero-order valence-electron chi connectivity index (χ0n) is 16.4. The summed E-state index contributed by atoms with van der Waals surface area (Å²) in [5.74, 6) is -0.158. The Morgan fingerprint density at radius 1 is 1.15 bits per heavy atom. The third-order valence-electron chi connectivity index (χ3n) is 4.06. The third-order valence-corrected chi connectivity index (χ3v) is 4.29. The van der Waals surface area contributed by atoms with E-state index in [0.29, 0.717) is 29.7 Å². The molecule has 0 aliphatic carbocycles. The number of hydrogen-bond acceptors (Lipinski definition) is 3. The molecule has 0 radical (unpaired) electrons. The second-order valence-corrected chi connectivity index (χ2v) is 7.39. The smallest absolute Gasteiger partial charge is 0.321 e. The number of benzene rings is 1. The maximum absolute atomic E-state index is 12.3. The van der Waals surface area contributed by atoms with E-state index in [1.807, 2.05) is 19.9 Å². The van der Waals surface area contributed by atoms with Crippen molar-refractivity contribution in [3.8, 4) is 0 Å². The van der Waals surface area contributed by atoms with Crippen molar-refractivity contribution in [2.75, 3.05) is 31.5 Å². The molecule has 1 aromatic carbocycles. The topological polar surface area (TPSA) is 91.7 Å². The van der Waals surface area contributed by atoms with Gasteiger partial charge in [0.1, 0.15) is 0 Å². The number of likely N-dealkylation sites (N-methyl/N-ethyl adjacent to an activating group) is 1. The molecular formula is C19H30ClN4O3+. The first-order valence-electron chi connectivity index (χ1n) is 9.18. The van der Waals surface area contributed by atoms with Crippen LogP contribution in [-0.2, 0) is 9.59 Å². The van der Waals surface area contributed by atoms with Crippen LogP contribution < -0.4 is 20.9 Å². The Labute approximate surface area is 165 Å². The Hall–Kier alpha value is -2.12. The van der Waals surface area contributed by atoms with Crippen molar-refractivity contribution in [3.05, 3.63) is 28.8 Å². The number of nitrogens with one attached hydrogen (secondary N) is 4. The van der Waals surface area contributed by atoms with Gasteiger partial charge in [0.15, 0.2) is 13.1 Å². The fourth-order valence-electron chi connectivity index (χ4n) is 2.38. The van der Waals surface area contributed by atoms with Gasteiger partial charge in [-0.05, 0) is 43.9 Å². The van der Waals surface area contributed by atoms with Crippen LogP contribution in [0.5, 0.6) is 0 Å². The highest BCUT2D eigenvalue weighted by molar-refractivity contribution is 6.31. The number of quaternary nitrogens is 1. The van der Waals surface area contributed by atoms with E-state index in [9.17, 15) is 14.4 Å². The quantitative estimate of drug-likeness (QED) is 0.507. The molecule has 7 nitrogen and oxygen atoms in total. The minimum atomic E-state index is -0.505. The average molecular weight is 398 g/mol. The molecule has 4 amide bonds. The molecule has 0 bridgehead atoms. The van der Waals surface area contributed by atoms with Gasteiger partial charge in [0.25, 0.3) is 11.8 Å². The Balaban J connectivity index is 2.46. The second kappa shape index (κ2) is 11.6. The molecule has 1 atom stereocenters. The number of anilines is 1. The predicted octanol–water partition coefficient (Wildman–Crippen LogP) is 1.36. The minimum Gasteiger partial charge on any atom is -0.338 e. The Kier molecular flexibility index (Phi) is 9.82. The van der Waals surface area contributed by atoms with Crippen molar-refractivity contribution in [1.29, 1.82) is 0 Å². The van der Waals surface area contributed by atoms with E-state index in [1.165, 1.54) is 0 Å². The van der Waals surface area contributed by atoms with E-state index < -0.39 is 11.9 Å². The van der Waals surface area contributed by atoms with Crippen LogP contribution in [0.25, 0.3) is 0 Å². The molecule has 0 heterocycles. The zero-order valence-corrected chi connectivity index (χ0v) is 17.2. The second-order valence-electron chi connectivity index (χ2n) is 6.95. The largest absolute Gasteiger partial charge is 0.338 e. The van der Waals surface area contributed by atoms with Crippen LogP contribution in [0.15, 0.2) is 18.2 Å². The Morgan fingerprint density at radius 2 is 1.81 bits per heavy atom. The van der Waals surface area contributed by atoms with Crippen LogP contribution in [0.3, 0.4) is 0 Å². The van der Waals surface area contributed by atoms with E-state index in [1.54, 1.807) is 12.1 Å². The number of carbonyl (C=O) groups excluding carboxylic acids is 3. The molecular weight excluding hydrogens is 368 g/mol. The van der Waals surface area contributed by atoms with Gasteiger partial charge in [0, 0.05) is 17.3 Å². The number of aryl methyl sites for hydroxylation is 1. The van der Waals surface area contributed by atoms with Gasteiger partial charge in [-0.15, -0.1) is 0 Å². The van der Waals surface area contributed by atoms with Gasteiger partial charge >= 0.3 is 6.03 Å². The van der Waals surface area contributed by atoms with Crippen LogP contribution in [0.4, 0.5) is 10.5 Å². The van der Waals surface area contributed by atoms with E-state index in [0.717, 1.165) is 16.9 Å². The number of imide groups is 1. The van der Waals surface area contributed by atoms with E-state index >= 15 is 0 Å². The molecule has 0 saturated carbocycles. The number of carbonyl (C=O) groups is 3. The summed E-state index contributed by atoms with van der Waals surface area (Å²) in [7, 11) is 0. The summed E-state index contributed by atoms with van der Waals surface area (Å²) in [6, 6.07) is 4.77. The Bertz CT molecular complexity index is 664. The highest BCUT2D eigenvalue weighted by Gasteiger charge is 2.18. The van der Waals surface area contributed by atoms with Gasteiger partial charge in [-0.1, -0.05) is 31.5 Å². The molecule has 1 rings (SSSR count). The van der Waals surface area contributed by atoms with Gasteiger partial charge in [-0.2, -0.15) is 0 Å². The van der Waals surface area contributed by atoms with Crippen LogP contribution in [0.1, 0.15) is 32.8 Å². The van der Waals surface area contributed by atoms with Crippen LogP contribution in [0, 0.1) is 12.8 Å². The van der Waals surface area contributed by atoms with Gasteiger partial charge in [0.2, 0.25) is 0 Å². The molecule has 0 saturated heterocycles. The number of hydrogen-bond donors (Lipinski definition) is 4. The van der Waals surface area contributed by atoms with E-state index in [4.69, 9.17) is 11.6 Å². The zero-order chi connectivity index (χ0) is 20.4. The molecule has 4 N–H and O–H groups in total. The first-order valence-corrected chi connectivity index (χ1v) is 9.56. The lowest BCUT2D eigenvalue weighted by Crippen LogP contribution is -3.14. The Morgan fingerprint density at radius 3 is 2.44 bits per heavy atom. The van der Waals surface area contributed by atoms with Crippen molar-refractivity contribution in [1.82, 2.24) is 10.6 Å². The maximum atomic E-state index is 12.3. The van der Waals surface area contributed by atoms with Crippen molar-refractivity contribution < 1.29 is 19.3 Å². The molecule has 8 heteroatoms. The summed E-state index contributed by atoms with van der Waals surface area (Å²) in [6.45, 7) is 9.12. The molecule has 0 aliphatic rings. The van der Waals surface area contributed by atoms with Gasteiger partial charge in [0.05, 0.1) is 6.54 Å². The molecule has 150 valence electrons. The maximum Gasteiger partial charge on any atom is 0.321 e. The van der Waals surface area contributed by atoms with E-state index in [2.05, 4.69) is 29.8 Å². The van der Waals surface area contributed by atoms with Crippen LogP contribution in [-0.4, -0.2) is 44.0 Å². The number of halogens is 1. The fourth-order valence-corrected chi connectivity index (χ4v) is 2.55. The SMILES string of the molecule is CC[NH+](CC(=O)NC(=O)NCCC(C)C)CC(=O)Nc1cc(Cl)ccc1C. The summed E-state index contributed by atoms with van der Waals surface area (Å²) < 4.78 is 0. The number of urea groups is 1. The summed E-state index contributed by atoms with van der Waals surface area (Å²) in [4.78, 5) is 36.7. The highest BCUT2D eigenvalue weighted by atomic mass is 35.5.